The predicted octanol–water partition coefficient (Wildman–Crippen LogP) is -0.212. The monoisotopic (exact) mass is 188 g/mol. The van der Waals surface area contributed by atoms with E-state index >= 15 is 0 Å². The molecule has 0 aliphatic heterocycles. The van der Waals surface area contributed by atoms with Crippen LogP contribution in [0, 0.1) is 0 Å². The van der Waals surface area contributed by atoms with Crippen molar-refractivity contribution < 1.29 is 9.90 Å². The van der Waals surface area contributed by atoms with Gasteiger partial charge in [0.05, 0.1) is 6.04 Å². The van der Waals surface area contributed by atoms with Gasteiger partial charge in [0.15, 0.2) is 5.54 Å². The van der Waals surface area contributed by atoms with E-state index in [0.29, 0.717) is 5.03 Å². The first kappa shape index (κ1) is 9.25. The fourth-order valence-corrected chi connectivity index (χ4v) is 1.11. The zero-order chi connectivity index (χ0) is 9.35. The van der Waals surface area contributed by atoms with Crippen molar-refractivity contribution in [3.8, 4) is 0 Å². The highest BCUT2D eigenvalue weighted by Crippen LogP contribution is 2.19. The van der Waals surface area contributed by atoms with Gasteiger partial charge in [-0.05, 0) is 12.2 Å². The predicted molar refractivity (Wildman–Crippen MR) is 45.6 cm³/mol. The Morgan fingerprint density at radius 3 is 2.75 bits per heavy atom. The fourth-order valence-electron chi connectivity index (χ4n) is 0.907. The second kappa shape index (κ2) is 2.90. The summed E-state index contributed by atoms with van der Waals surface area (Å²) >= 11 is 5.59. The summed E-state index contributed by atoms with van der Waals surface area (Å²) in [5, 5.41) is 9.13. The highest BCUT2D eigenvalue weighted by molar-refractivity contribution is 6.31. The number of halogens is 1. The topological polar surface area (TPSA) is 89.3 Å². The molecule has 0 fully saturated rings. The minimum absolute atomic E-state index is 0.407. The molecule has 2 unspecified atom stereocenters. The lowest BCUT2D eigenvalue weighted by molar-refractivity contribution is -0.141. The van der Waals surface area contributed by atoms with Gasteiger partial charge in [0, 0.05) is 5.03 Å². The summed E-state index contributed by atoms with van der Waals surface area (Å²) < 4.78 is 0. The number of rotatable bonds is 1. The van der Waals surface area contributed by atoms with Crippen LogP contribution in [0.3, 0.4) is 0 Å². The second-order valence-corrected chi connectivity index (χ2v) is 3.09. The summed E-state index contributed by atoms with van der Waals surface area (Å²) in [7, 11) is 0. The Bertz CT molecular complexity index is 275. The third-order valence-electron chi connectivity index (χ3n) is 1.78. The van der Waals surface area contributed by atoms with Gasteiger partial charge in [-0.1, -0.05) is 17.7 Å². The van der Waals surface area contributed by atoms with Gasteiger partial charge in [0.2, 0.25) is 0 Å². The van der Waals surface area contributed by atoms with Crippen molar-refractivity contribution in [2.24, 2.45) is 11.5 Å². The standard InChI is InChI=1S/C7H9ClN2O2/c8-4-1-2-7(10,6(11)12)5(9)3-4/h1-3,5H,9-10H2,(H,11,12). The van der Waals surface area contributed by atoms with Crippen LogP contribution in [-0.2, 0) is 4.79 Å². The van der Waals surface area contributed by atoms with Crippen LogP contribution in [-0.4, -0.2) is 22.7 Å². The molecule has 2 atom stereocenters. The zero-order valence-electron chi connectivity index (χ0n) is 6.20. The molecule has 1 aliphatic rings. The van der Waals surface area contributed by atoms with Crippen LogP contribution in [0.15, 0.2) is 23.3 Å². The van der Waals surface area contributed by atoms with Crippen LogP contribution in [0.25, 0.3) is 0 Å². The molecular weight excluding hydrogens is 180 g/mol. The number of carbonyl (C=O) groups is 1. The van der Waals surface area contributed by atoms with E-state index in [1.54, 1.807) is 0 Å². The molecule has 5 N–H and O–H groups in total. The smallest absolute Gasteiger partial charge is 0.329 e. The Balaban J connectivity index is 2.99. The summed E-state index contributed by atoms with van der Waals surface area (Å²) in [5.41, 5.74) is 9.45. The highest BCUT2D eigenvalue weighted by atomic mass is 35.5. The van der Waals surface area contributed by atoms with Crippen LogP contribution in [0.5, 0.6) is 0 Å². The maximum absolute atomic E-state index is 10.7. The van der Waals surface area contributed by atoms with E-state index in [0.717, 1.165) is 0 Å². The Kier molecular flexibility index (Phi) is 2.23. The van der Waals surface area contributed by atoms with Gasteiger partial charge in [0.1, 0.15) is 0 Å². The third kappa shape index (κ3) is 1.36. The molecule has 66 valence electrons. The largest absolute Gasteiger partial charge is 0.480 e. The molecule has 0 spiro atoms. The molecule has 1 rings (SSSR count). The highest BCUT2D eigenvalue weighted by Gasteiger charge is 2.38. The maximum atomic E-state index is 10.7. The minimum Gasteiger partial charge on any atom is -0.480 e. The molecule has 4 nitrogen and oxygen atoms in total. The Hall–Kier alpha value is -0.840. The average molecular weight is 189 g/mol. The molecule has 12 heavy (non-hydrogen) atoms. The molecule has 0 amide bonds. The van der Waals surface area contributed by atoms with Gasteiger partial charge in [-0.2, -0.15) is 0 Å². The van der Waals surface area contributed by atoms with E-state index in [-0.39, 0.29) is 0 Å². The molecule has 0 heterocycles. The van der Waals surface area contributed by atoms with Gasteiger partial charge >= 0.3 is 5.97 Å². The van der Waals surface area contributed by atoms with Crippen molar-refractivity contribution in [3.05, 3.63) is 23.3 Å². The van der Waals surface area contributed by atoms with E-state index in [4.69, 9.17) is 28.2 Å². The van der Waals surface area contributed by atoms with Gasteiger partial charge in [-0.15, -0.1) is 0 Å². The Labute approximate surface area is 74.5 Å². The zero-order valence-corrected chi connectivity index (χ0v) is 6.95. The number of allylic oxidation sites excluding steroid dienone is 2. The molecule has 0 radical (unpaired) electrons. The SMILES string of the molecule is NC1C=C(Cl)C=CC1(N)C(=O)O. The lowest BCUT2D eigenvalue weighted by Gasteiger charge is -2.28. The van der Waals surface area contributed by atoms with Gasteiger partial charge in [0.25, 0.3) is 0 Å². The number of aliphatic carboxylic acids is 1. The molecule has 0 saturated heterocycles. The lowest BCUT2D eigenvalue weighted by Crippen LogP contribution is -2.59. The first-order valence-corrected chi connectivity index (χ1v) is 3.69. The lowest BCUT2D eigenvalue weighted by atomic mass is 9.88. The van der Waals surface area contributed by atoms with Crippen molar-refractivity contribution in [3.63, 3.8) is 0 Å². The maximum Gasteiger partial charge on any atom is 0.329 e. The third-order valence-corrected chi connectivity index (χ3v) is 2.03. The molecular formula is C7H9ClN2O2. The van der Waals surface area contributed by atoms with Gasteiger partial charge in [-0.3, -0.25) is 0 Å². The summed E-state index contributed by atoms with van der Waals surface area (Å²) in [5.74, 6) is -1.16. The molecule has 0 aromatic heterocycles. The second-order valence-electron chi connectivity index (χ2n) is 2.65. The number of nitrogens with two attached hydrogens (primary N) is 2. The summed E-state index contributed by atoms with van der Waals surface area (Å²) in [6.45, 7) is 0. The Morgan fingerprint density at radius 1 is 1.75 bits per heavy atom. The van der Waals surface area contributed by atoms with Crippen molar-refractivity contribution in [2.75, 3.05) is 0 Å². The van der Waals surface area contributed by atoms with Crippen molar-refractivity contribution in [2.45, 2.75) is 11.6 Å². The fraction of sp³-hybridized carbons (Fsp3) is 0.286. The number of carboxylic acids is 1. The van der Waals surface area contributed by atoms with E-state index in [9.17, 15) is 4.79 Å². The number of carboxylic acid groups (broad SMARTS) is 1. The minimum atomic E-state index is -1.53. The van der Waals surface area contributed by atoms with Crippen molar-refractivity contribution in [1.29, 1.82) is 0 Å². The normalized spacial score (nSPS) is 34.6. The van der Waals surface area contributed by atoms with E-state index in [2.05, 4.69) is 0 Å². The van der Waals surface area contributed by atoms with E-state index in [1.165, 1.54) is 18.2 Å². The molecule has 0 bridgehead atoms. The molecule has 0 aromatic carbocycles. The van der Waals surface area contributed by atoms with Crippen LogP contribution in [0.1, 0.15) is 0 Å². The van der Waals surface area contributed by atoms with E-state index < -0.39 is 17.6 Å². The Morgan fingerprint density at radius 2 is 2.33 bits per heavy atom. The number of hydrogen-bond acceptors (Lipinski definition) is 3. The van der Waals surface area contributed by atoms with Gasteiger partial charge in [-0.25, -0.2) is 4.79 Å². The quantitative estimate of drug-likeness (QED) is 0.531. The summed E-state index contributed by atoms with van der Waals surface area (Å²) in [6, 6.07) is -0.785. The average Bonchev–Trinajstić information content (AvgIpc) is 1.97. The van der Waals surface area contributed by atoms with Crippen LogP contribution >= 0.6 is 11.6 Å². The van der Waals surface area contributed by atoms with Crippen LogP contribution in [0.2, 0.25) is 0 Å². The van der Waals surface area contributed by atoms with Crippen molar-refractivity contribution in [1.82, 2.24) is 0 Å². The van der Waals surface area contributed by atoms with Gasteiger partial charge < -0.3 is 16.6 Å². The van der Waals surface area contributed by atoms with Crippen LogP contribution in [0.4, 0.5) is 0 Å². The summed E-state index contributed by atoms with van der Waals surface area (Å²) in [6.07, 6.45) is 4.14. The first-order chi connectivity index (χ1) is 5.47. The first-order valence-electron chi connectivity index (χ1n) is 3.31. The van der Waals surface area contributed by atoms with Crippen LogP contribution < -0.4 is 11.5 Å². The van der Waals surface area contributed by atoms with E-state index in [1.807, 2.05) is 0 Å². The molecule has 0 saturated carbocycles. The summed E-state index contributed by atoms with van der Waals surface area (Å²) in [4.78, 5) is 10.7. The number of hydrogen-bond donors (Lipinski definition) is 3. The molecule has 1 aliphatic carbocycles. The van der Waals surface area contributed by atoms with Crippen molar-refractivity contribution >= 4 is 17.6 Å². The molecule has 0 aromatic rings. The molecule has 5 heteroatoms.